The molecule has 0 saturated carbocycles. The molecular weight excluding hydrogens is 210 g/mol. The lowest BCUT2D eigenvalue weighted by atomic mass is 10.2. The molecule has 0 unspecified atom stereocenters. The Balaban J connectivity index is 1.98. The van der Waals surface area contributed by atoms with Gasteiger partial charge in [-0.05, 0) is 24.7 Å². The molecule has 0 saturated heterocycles. The lowest BCUT2D eigenvalue weighted by molar-refractivity contribution is 0.316. The molecule has 0 aliphatic heterocycles. The van der Waals surface area contributed by atoms with Gasteiger partial charge in [0.2, 0.25) is 0 Å². The Labute approximate surface area is 102 Å². The summed E-state index contributed by atoms with van der Waals surface area (Å²) >= 11 is 0. The average molecular weight is 227 g/mol. The predicted molar refractivity (Wildman–Crippen MR) is 70.3 cm³/mol. The Morgan fingerprint density at radius 3 is 2.53 bits per heavy atom. The third kappa shape index (κ3) is 3.29. The first-order valence-corrected chi connectivity index (χ1v) is 5.67. The topological polar surface area (TPSA) is 42.2 Å². The van der Waals surface area contributed by atoms with Crippen LogP contribution >= 0.6 is 0 Å². The fourth-order valence-electron chi connectivity index (χ4n) is 1.79. The van der Waals surface area contributed by atoms with Crippen LogP contribution in [0.25, 0.3) is 0 Å². The molecule has 0 bridgehead atoms. The highest BCUT2D eigenvalue weighted by atomic mass is 15.1. The van der Waals surface area contributed by atoms with Crippen molar-refractivity contribution in [1.82, 2.24) is 9.88 Å². The van der Waals surface area contributed by atoms with E-state index in [0.717, 1.165) is 24.5 Å². The fraction of sp³-hybridized carbons (Fsp3) is 0.214. The van der Waals surface area contributed by atoms with E-state index in [1.807, 2.05) is 18.2 Å². The fourth-order valence-corrected chi connectivity index (χ4v) is 1.79. The van der Waals surface area contributed by atoms with E-state index in [-0.39, 0.29) is 0 Å². The van der Waals surface area contributed by atoms with Crippen molar-refractivity contribution >= 4 is 5.69 Å². The maximum Gasteiger partial charge on any atom is 0.0772 e. The smallest absolute Gasteiger partial charge is 0.0772 e. The Bertz CT molecular complexity index is 468. The van der Waals surface area contributed by atoms with Gasteiger partial charge in [-0.3, -0.25) is 9.88 Å². The van der Waals surface area contributed by atoms with Crippen molar-refractivity contribution in [3.05, 3.63) is 59.9 Å². The molecule has 0 amide bonds. The molecule has 3 heteroatoms. The molecule has 17 heavy (non-hydrogen) atoms. The second kappa shape index (κ2) is 5.46. The number of nitrogens with two attached hydrogens (primary N) is 1. The highest BCUT2D eigenvalue weighted by Crippen LogP contribution is 2.11. The van der Waals surface area contributed by atoms with Gasteiger partial charge in [-0.25, -0.2) is 0 Å². The van der Waals surface area contributed by atoms with Gasteiger partial charge in [0.1, 0.15) is 0 Å². The normalized spacial score (nSPS) is 10.7. The number of nitrogens with zero attached hydrogens (tertiary/aromatic N) is 2. The van der Waals surface area contributed by atoms with Crippen molar-refractivity contribution in [3.63, 3.8) is 0 Å². The molecule has 0 fully saturated rings. The van der Waals surface area contributed by atoms with E-state index in [0.29, 0.717) is 0 Å². The SMILES string of the molecule is CN(Cc1ccccc1)Cc1ncccc1N. The van der Waals surface area contributed by atoms with Gasteiger partial charge >= 0.3 is 0 Å². The van der Waals surface area contributed by atoms with Gasteiger partial charge in [0.15, 0.2) is 0 Å². The van der Waals surface area contributed by atoms with Crippen molar-refractivity contribution in [2.45, 2.75) is 13.1 Å². The minimum atomic E-state index is 0.757. The van der Waals surface area contributed by atoms with Crippen LogP contribution in [0, 0.1) is 0 Å². The summed E-state index contributed by atoms with van der Waals surface area (Å²) in [6.07, 6.45) is 1.78. The first-order valence-electron chi connectivity index (χ1n) is 5.67. The van der Waals surface area contributed by atoms with Crippen LogP contribution in [-0.4, -0.2) is 16.9 Å². The molecule has 2 N–H and O–H groups in total. The number of benzene rings is 1. The number of hydrogen-bond donors (Lipinski definition) is 1. The van der Waals surface area contributed by atoms with Crippen molar-refractivity contribution in [1.29, 1.82) is 0 Å². The van der Waals surface area contributed by atoms with Crippen LogP contribution in [0.5, 0.6) is 0 Å². The Morgan fingerprint density at radius 1 is 1.06 bits per heavy atom. The molecule has 0 radical (unpaired) electrons. The second-order valence-electron chi connectivity index (χ2n) is 4.20. The zero-order valence-electron chi connectivity index (χ0n) is 10.0. The van der Waals surface area contributed by atoms with E-state index in [1.165, 1.54) is 5.56 Å². The third-order valence-corrected chi connectivity index (χ3v) is 2.64. The highest BCUT2D eigenvalue weighted by molar-refractivity contribution is 5.41. The van der Waals surface area contributed by atoms with Gasteiger partial charge in [0, 0.05) is 19.3 Å². The van der Waals surface area contributed by atoms with Crippen molar-refractivity contribution in [2.75, 3.05) is 12.8 Å². The molecule has 0 aliphatic carbocycles. The van der Waals surface area contributed by atoms with Crippen molar-refractivity contribution < 1.29 is 0 Å². The lowest BCUT2D eigenvalue weighted by Gasteiger charge is -2.17. The monoisotopic (exact) mass is 227 g/mol. The molecule has 3 nitrogen and oxygen atoms in total. The standard InChI is InChI=1S/C14H17N3/c1-17(10-12-6-3-2-4-7-12)11-14-13(15)8-5-9-16-14/h2-9H,10-11,15H2,1H3. The first kappa shape index (κ1) is 11.6. The maximum atomic E-state index is 5.87. The summed E-state index contributed by atoms with van der Waals surface area (Å²) < 4.78 is 0. The summed E-state index contributed by atoms with van der Waals surface area (Å²) in [7, 11) is 2.07. The van der Waals surface area contributed by atoms with Gasteiger partial charge in [-0.1, -0.05) is 30.3 Å². The van der Waals surface area contributed by atoms with E-state index in [9.17, 15) is 0 Å². The van der Waals surface area contributed by atoms with Crippen LogP contribution in [0.15, 0.2) is 48.7 Å². The summed E-state index contributed by atoms with van der Waals surface area (Å²) in [6.45, 7) is 1.67. The number of rotatable bonds is 4. The van der Waals surface area contributed by atoms with E-state index in [4.69, 9.17) is 5.73 Å². The molecule has 1 aromatic heterocycles. The van der Waals surface area contributed by atoms with Crippen LogP contribution in [0.3, 0.4) is 0 Å². The zero-order chi connectivity index (χ0) is 12.1. The molecule has 88 valence electrons. The van der Waals surface area contributed by atoms with Gasteiger partial charge < -0.3 is 5.73 Å². The van der Waals surface area contributed by atoms with E-state index in [2.05, 4.69) is 41.2 Å². The first-order chi connectivity index (χ1) is 8.25. The Hall–Kier alpha value is -1.87. The van der Waals surface area contributed by atoms with Crippen LogP contribution in [0.1, 0.15) is 11.3 Å². The number of aromatic nitrogens is 1. The zero-order valence-corrected chi connectivity index (χ0v) is 10.0. The van der Waals surface area contributed by atoms with Crippen molar-refractivity contribution in [3.8, 4) is 0 Å². The number of anilines is 1. The predicted octanol–water partition coefficient (Wildman–Crippen LogP) is 2.30. The van der Waals surface area contributed by atoms with E-state index in [1.54, 1.807) is 6.20 Å². The molecular formula is C14H17N3. The molecule has 1 heterocycles. The van der Waals surface area contributed by atoms with Crippen LogP contribution < -0.4 is 5.73 Å². The van der Waals surface area contributed by atoms with Crippen molar-refractivity contribution in [2.24, 2.45) is 0 Å². The summed E-state index contributed by atoms with van der Waals surface area (Å²) in [5.74, 6) is 0. The average Bonchev–Trinajstić information content (AvgIpc) is 2.33. The largest absolute Gasteiger partial charge is 0.397 e. The number of pyridine rings is 1. The summed E-state index contributed by atoms with van der Waals surface area (Å²) in [4.78, 5) is 6.50. The highest BCUT2D eigenvalue weighted by Gasteiger charge is 2.04. The molecule has 0 spiro atoms. The van der Waals surface area contributed by atoms with E-state index < -0.39 is 0 Å². The Morgan fingerprint density at radius 2 is 1.82 bits per heavy atom. The summed E-state index contributed by atoms with van der Waals surface area (Å²) in [5, 5.41) is 0. The van der Waals surface area contributed by atoms with Gasteiger partial charge in [-0.2, -0.15) is 0 Å². The third-order valence-electron chi connectivity index (χ3n) is 2.64. The maximum absolute atomic E-state index is 5.87. The second-order valence-corrected chi connectivity index (χ2v) is 4.20. The van der Waals surface area contributed by atoms with Crippen LogP contribution in [-0.2, 0) is 13.1 Å². The summed E-state index contributed by atoms with van der Waals surface area (Å²) in [6, 6.07) is 14.1. The molecule has 1 aromatic carbocycles. The minimum Gasteiger partial charge on any atom is -0.397 e. The van der Waals surface area contributed by atoms with E-state index >= 15 is 0 Å². The van der Waals surface area contributed by atoms with Gasteiger partial charge in [0.25, 0.3) is 0 Å². The number of hydrogen-bond acceptors (Lipinski definition) is 3. The molecule has 0 atom stereocenters. The van der Waals surface area contributed by atoms with Gasteiger partial charge in [0.05, 0.1) is 11.4 Å². The summed E-state index contributed by atoms with van der Waals surface area (Å²) in [5.41, 5.74) is 8.86. The molecule has 2 rings (SSSR count). The lowest BCUT2D eigenvalue weighted by Crippen LogP contribution is -2.18. The van der Waals surface area contributed by atoms with Crippen LogP contribution in [0.2, 0.25) is 0 Å². The molecule has 0 aliphatic rings. The number of nitrogen functional groups attached to an aromatic ring is 1. The minimum absolute atomic E-state index is 0.757. The molecule has 2 aromatic rings. The Kier molecular flexibility index (Phi) is 3.73. The van der Waals surface area contributed by atoms with Crippen LogP contribution in [0.4, 0.5) is 5.69 Å². The quantitative estimate of drug-likeness (QED) is 0.871. The van der Waals surface area contributed by atoms with Gasteiger partial charge in [-0.15, -0.1) is 0 Å².